The average Bonchev–Trinajstić information content (AvgIpc) is 2.30. The van der Waals surface area contributed by atoms with Crippen molar-refractivity contribution in [1.82, 2.24) is 0 Å². The fourth-order valence-electron chi connectivity index (χ4n) is 2.33. The maximum atomic E-state index is 13.4. The lowest BCUT2D eigenvalue weighted by atomic mass is 9.95. The SMILES string of the molecule is Cc1ccc(Br)c(C(Br)c2c(C)cc(F)cc2C)c1. The Kier molecular flexibility index (Phi) is 4.46. The minimum atomic E-state index is -0.179. The third-order valence-electron chi connectivity index (χ3n) is 3.24. The van der Waals surface area contributed by atoms with Gasteiger partial charge >= 0.3 is 0 Å². The van der Waals surface area contributed by atoms with E-state index in [-0.39, 0.29) is 10.6 Å². The standard InChI is InChI=1S/C16H15Br2F/c1-9-4-5-14(17)13(6-9)16(18)15-10(2)7-12(19)8-11(15)3/h4-8,16H,1-3H3. The van der Waals surface area contributed by atoms with E-state index in [2.05, 4.69) is 50.9 Å². The van der Waals surface area contributed by atoms with E-state index < -0.39 is 0 Å². The van der Waals surface area contributed by atoms with Crippen LogP contribution in [-0.4, -0.2) is 0 Å². The van der Waals surface area contributed by atoms with Gasteiger partial charge in [0.1, 0.15) is 5.82 Å². The highest BCUT2D eigenvalue weighted by atomic mass is 79.9. The monoisotopic (exact) mass is 384 g/mol. The summed E-state index contributed by atoms with van der Waals surface area (Å²) in [4.78, 5) is 0.0578. The predicted octanol–water partition coefficient (Wildman–Crippen LogP) is 6.00. The second-order valence-corrected chi connectivity index (χ2v) is 6.61. The van der Waals surface area contributed by atoms with Gasteiger partial charge in [-0.1, -0.05) is 49.6 Å². The molecule has 19 heavy (non-hydrogen) atoms. The van der Waals surface area contributed by atoms with Crippen LogP contribution < -0.4 is 0 Å². The maximum absolute atomic E-state index is 13.4. The van der Waals surface area contributed by atoms with E-state index in [9.17, 15) is 4.39 Å². The van der Waals surface area contributed by atoms with Gasteiger partial charge in [-0.15, -0.1) is 0 Å². The molecule has 0 amide bonds. The summed E-state index contributed by atoms with van der Waals surface area (Å²) < 4.78 is 14.5. The Hall–Kier alpha value is -0.670. The van der Waals surface area contributed by atoms with Crippen molar-refractivity contribution in [3.63, 3.8) is 0 Å². The van der Waals surface area contributed by atoms with E-state index >= 15 is 0 Å². The molecule has 100 valence electrons. The van der Waals surface area contributed by atoms with Gasteiger partial charge in [-0.25, -0.2) is 4.39 Å². The summed E-state index contributed by atoms with van der Waals surface area (Å²) >= 11 is 7.34. The van der Waals surface area contributed by atoms with Gasteiger partial charge in [-0.2, -0.15) is 0 Å². The van der Waals surface area contributed by atoms with Crippen LogP contribution in [0.4, 0.5) is 4.39 Å². The van der Waals surface area contributed by atoms with Crippen LogP contribution in [-0.2, 0) is 0 Å². The van der Waals surface area contributed by atoms with Gasteiger partial charge in [-0.3, -0.25) is 0 Å². The molecule has 0 saturated heterocycles. The molecule has 3 heteroatoms. The van der Waals surface area contributed by atoms with Crippen LogP contribution in [0.5, 0.6) is 0 Å². The Morgan fingerprint density at radius 2 is 1.58 bits per heavy atom. The minimum Gasteiger partial charge on any atom is -0.207 e. The van der Waals surface area contributed by atoms with Crippen LogP contribution in [0.3, 0.4) is 0 Å². The van der Waals surface area contributed by atoms with Crippen LogP contribution >= 0.6 is 31.9 Å². The van der Waals surface area contributed by atoms with Crippen LogP contribution in [0.15, 0.2) is 34.8 Å². The van der Waals surface area contributed by atoms with Gasteiger partial charge in [-0.05, 0) is 61.2 Å². The van der Waals surface area contributed by atoms with E-state index in [1.807, 2.05) is 19.9 Å². The van der Waals surface area contributed by atoms with Gasteiger partial charge in [0.15, 0.2) is 0 Å². The van der Waals surface area contributed by atoms with E-state index in [4.69, 9.17) is 0 Å². The van der Waals surface area contributed by atoms with Crippen molar-refractivity contribution in [2.75, 3.05) is 0 Å². The summed E-state index contributed by atoms with van der Waals surface area (Å²) in [7, 11) is 0. The van der Waals surface area contributed by atoms with Gasteiger partial charge in [0, 0.05) is 4.47 Å². The van der Waals surface area contributed by atoms with Gasteiger partial charge in [0.05, 0.1) is 4.83 Å². The molecule has 0 radical (unpaired) electrons. The lowest BCUT2D eigenvalue weighted by molar-refractivity contribution is 0.624. The topological polar surface area (TPSA) is 0 Å². The van der Waals surface area contributed by atoms with E-state index in [0.29, 0.717) is 0 Å². The fourth-order valence-corrected chi connectivity index (χ4v) is 4.22. The largest absolute Gasteiger partial charge is 0.207 e. The number of rotatable bonds is 2. The van der Waals surface area contributed by atoms with Gasteiger partial charge < -0.3 is 0 Å². The minimum absolute atomic E-state index is 0.0578. The second kappa shape index (κ2) is 5.76. The Bertz CT molecular complexity index is 597. The summed E-state index contributed by atoms with van der Waals surface area (Å²) in [5.41, 5.74) is 5.44. The van der Waals surface area contributed by atoms with E-state index in [1.54, 1.807) is 12.1 Å². The Labute approximate surface area is 130 Å². The predicted molar refractivity (Wildman–Crippen MR) is 85.5 cm³/mol. The average molecular weight is 386 g/mol. The van der Waals surface area contributed by atoms with E-state index in [1.165, 1.54) is 5.56 Å². The molecular formula is C16H15Br2F. The van der Waals surface area contributed by atoms with Crippen LogP contribution in [0.25, 0.3) is 0 Å². The molecule has 1 unspecified atom stereocenters. The number of halogens is 3. The van der Waals surface area contributed by atoms with Crippen molar-refractivity contribution < 1.29 is 4.39 Å². The molecule has 0 fully saturated rings. The first-order valence-corrected chi connectivity index (χ1v) is 7.77. The highest BCUT2D eigenvalue weighted by Crippen LogP contribution is 2.39. The zero-order valence-corrected chi connectivity index (χ0v) is 14.3. The summed E-state index contributed by atoms with van der Waals surface area (Å²) in [6, 6.07) is 9.43. The molecule has 0 spiro atoms. The molecular weight excluding hydrogens is 371 g/mol. The Morgan fingerprint density at radius 1 is 1.00 bits per heavy atom. The lowest BCUT2D eigenvalue weighted by Gasteiger charge is -2.18. The third-order valence-corrected chi connectivity index (χ3v) is 4.91. The zero-order valence-electron chi connectivity index (χ0n) is 11.1. The highest BCUT2D eigenvalue weighted by molar-refractivity contribution is 9.11. The molecule has 0 heterocycles. The van der Waals surface area contributed by atoms with Crippen molar-refractivity contribution in [3.05, 3.63) is 68.4 Å². The summed E-state index contributed by atoms with van der Waals surface area (Å²) in [5, 5.41) is 0. The normalized spacial score (nSPS) is 12.5. The maximum Gasteiger partial charge on any atom is 0.123 e. The number of hydrogen-bond acceptors (Lipinski definition) is 0. The zero-order chi connectivity index (χ0) is 14.2. The Balaban J connectivity index is 2.56. The second-order valence-electron chi connectivity index (χ2n) is 4.84. The molecule has 1 atom stereocenters. The molecule has 0 aromatic heterocycles. The number of aryl methyl sites for hydroxylation is 3. The van der Waals surface area contributed by atoms with Crippen LogP contribution in [0.2, 0.25) is 0 Å². The summed E-state index contributed by atoms with van der Waals surface area (Å²) in [6.07, 6.45) is 0. The third kappa shape index (κ3) is 3.09. The van der Waals surface area contributed by atoms with Crippen molar-refractivity contribution in [1.29, 1.82) is 0 Å². The number of hydrogen-bond donors (Lipinski definition) is 0. The van der Waals surface area contributed by atoms with Crippen molar-refractivity contribution >= 4 is 31.9 Å². The van der Waals surface area contributed by atoms with Gasteiger partial charge in [0.25, 0.3) is 0 Å². The number of benzene rings is 2. The first-order chi connectivity index (χ1) is 8.90. The summed E-state index contributed by atoms with van der Waals surface area (Å²) in [6.45, 7) is 5.97. The highest BCUT2D eigenvalue weighted by Gasteiger charge is 2.18. The molecule has 2 aromatic carbocycles. The van der Waals surface area contributed by atoms with E-state index in [0.717, 1.165) is 26.7 Å². The summed E-state index contributed by atoms with van der Waals surface area (Å²) in [5.74, 6) is -0.179. The molecule has 0 saturated carbocycles. The lowest BCUT2D eigenvalue weighted by Crippen LogP contribution is -2.01. The van der Waals surface area contributed by atoms with Crippen molar-refractivity contribution in [2.45, 2.75) is 25.6 Å². The molecule has 0 aliphatic heterocycles. The molecule has 0 nitrogen and oxygen atoms in total. The first-order valence-electron chi connectivity index (χ1n) is 6.07. The molecule has 0 aliphatic carbocycles. The quantitative estimate of drug-likeness (QED) is 0.556. The molecule has 2 aromatic rings. The van der Waals surface area contributed by atoms with Crippen molar-refractivity contribution in [3.8, 4) is 0 Å². The van der Waals surface area contributed by atoms with Crippen LogP contribution in [0, 0.1) is 26.6 Å². The van der Waals surface area contributed by atoms with Crippen molar-refractivity contribution in [2.24, 2.45) is 0 Å². The molecule has 0 bridgehead atoms. The fraction of sp³-hybridized carbons (Fsp3) is 0.250. The molecule has 0 aliphatic rings. The number of alkyl halides is 1. The van der Waals surface area contributed by atoms with Crippen LogP contribution in [0.1, 0.15) is 32.6 Å². The molecule has 2 rings (SSSR count). The molecule has 0 N–H and O–H groups in total. The Morgan fingerprint density at radius 3 is 2.16 bits per heavy atom. The smallest absolute Gasteiger partial charge is 0.123 e. The first kappa shape index (κ1) is 14.7. The van der Waals surface area contributed by atoms with Gasteiger partial charge in [0.2, 0.25) is 0 Å².